The molecule has 1 aliphatic rings. The molecule has 0 unspecified atom stereocenters. The van der Waals surface area contributed by atoms with E-state index in [1.807, 2.05) is 11.4 Å². The van der Waals surface area contributed by atoms with Crippen LogP contribution in [-0.2, 0) is 5.60 Å². The van der Waals surface area contributed by atoms with Gasteiger partial charge in [0.05, 0.1) is 10.5 Å². The lowest BCUT2D eigenvalue weighted by Gasteiger charge is -2.36. The molecule has 2 N–H and O–H groups in total. The van der Waals surface area contributed by atoms with Crippen molar-refractivity contribution in [2.45, 2.75) is 44.2 Å². The fourth-order valence-corrected chi connectivity index (χ4v) is 4.34. The molecule has 1 heterocycles. The van der Waals surface area contributed by atoms with Crippen LogP contribution in [0.2, 0.25) is 0 Å². The summed E-state index contributed by atoms with van der Waals surface area (Å²) in [4.78, 5) is 1.10. The molecule has 1 aromatic rings. The molecule has 0 saturated heterocycles. The van der Waals surface area contributed by atoms with Gasteiger partial charge in [0, 0.05) is 10.5 Å². The first kappa shape index (κ1) is 12.6. The fourth-order valence-electron chi connectivity index (χ4n) is 2.44. The van der Waals surface area contributed by atoms with E-state index in [2.05, 4.69) is 28.2 Å². The number of rotatable bonds is 3. The Morgan fingerprint density at radius 2 is 2.25 bits per heavy atom. The van der Waals surface area contributed by atoms with E-state index in [1.54, 1.807) is 11.3 Å². The van der Waals surface area contributed by atoms with Gasteiger partial charge in [0.25, 0.3) is 0 Å². The summed E-state index contributed by atoms with van der Waals surface area (Å²) < 4.78 is 1.06. The first-order chi connectivity index (χ1) is 7.65. The van der Waals surface area contributed by atoms with Crippen molar-refractivity contribution in [3.63, 3.8) is 0 Å². The summed E-state index contributed by atoms with van der Waals surface area (Å²) >= 11 is 5.17. The molecule has 0 spiro atoms. The average Bonchev–Trinajstić information content (AvgIpc) is 2.69. The molecule has 16 heavy (non-hydrogen) atoms. The topological polar surface area (TPSA) is 32.3 Å². The second kappa shape index (κ2) is 5.17. The Hall–Kier alpha value is 0.100. The van der Waals surface area contributed by atoms with Crippen LogP contribution < -0.4 is 5.32 Å². The third kappa shape index (κ3) is 2.50. The van der Waals surface area contributed by atoms with E-state index in [1.165, 1.54) is 0 Å². The molecule has 90 valence electrons. The Labute approximate surface area is 109 Å². The molecule has 1 fully saturated rings. The normalized spacial score (nSPS) is 30.6. The van der Waals surface area contributed by atoms with Gasteiger partial charge in [-0.25, -0.2) is 0 Å². The number of hydrogen-bond acceptors (Lipinski definition) is 3. The second-order valence-corrected chi connectivity index (χ2v) is 6.23. The van der Waals surface area contributed by atoms with Gasteiger partial charge in [0.15, 0.2) is 0 Å². The summed E-state index contributed by atoms with van der Waals surface area (Å²) in [5, 5.41) is 16.1. The summed E-state index contributed by atoms with van der Waals surface area (Å²) in [5.41, 5.74) is -0.598. The highest BCUT2D eigenvalue weighted by atomic mass is 79.9. The molecule has 0 aliphatic heterocycles. The third-order valence-corrected chi connectivity index (χ3v) is 5.38. The van der Waals surface area contributed by atoms with E-state index in [9.17, 15) is 5.11 Å². The second-order valence-electron chi connectivity index (χ2n) is 4.46. The third-order valence-electron chi connectivity index (χ3n) is 3.35. The van der Waals surface area contributed by atoms with Crippen molar-refractivity contribution in [3.8, 4) is 0 Å². The molecule has 0 aromatic carbocycles. The van der Waals surface area contributed by atoms with E-state index >= 15 is 0 Å². The van der Waals surface area contributed by atoms with Gasteiger partial charge in [0.2, 0.25) is 0 Å². The van der Waals surface area contributed by atoms with Crippen molar-refractivity contribution in [2.75, 3.05) is 6.54 Å². The molecule has 4 heteroatoms. The minimum Gasteiger partial charge on any atom is -0.384 e. The van der Waals surface area contributed by atoms with E-state index in [0.717, 1.165) is 41.6 Å². The predicted molar refractivity (Wildman–Crippen MR) is 71.8 cm³/mol. The summed E-state index contributed by atoms with van der Waals surface area (Å²) in [6.07, 6.45) is 3.86. The number of halogens is 1. The van der Waals surface area contributed by atoms with Crippen LogP contribution in [0.1, 0.15) is 37.5 Å². The molecule has 1 saturated carbocycles. The SMILES string of the molecule is CCNC1CCC(O)(c2sccc2Br)CC1. The molecular weight excluding hydrogens is 286 g/mol. The van der Waals surface area contributed by atoms with Crippen LogP contribution in [-0.4, -0.2) is 17.7 Å². The van der Waals surface area contributed by atoms with Crippen LogP contribution in [0.15, 0.2) is 15.9 Å². The van der Waals surface area contributed by atoms with Gasteiger partial charge in [-0.2, -0.15) is 0 Å². The standard InChI is InChI=1S/C12H18BrNOS/c1-2-14-9-3-6-12(15,7-4-9)11-10(13)5-8-16-11/h5,8-9,14-15H,2-4,6-7H2,1H3. The largest absolute Gasteiger partial charge is 0.384 e. The van der Waals surface area contributed by atoms with Crippen LogP contribution >= 0.6 is 27.3 Å². The maximum absolute atomic E-state index is 10.7. The Kier molecular flexibility index (Phi) is 4.06. The summed E-state index contributed by atoms with van der Waals surface area (Å²) in [5.74, 6) is 0. The Bertz CT molecular complexity index is 345. The van der Waals surface area contributed by atoms with E-state index in [4.69, 9.17) is 0 Å². The lowest BCUT2D eigenvalue weighted by Crippen LogP contribution is -2.39. The van der Waals surface area contributed by atoms with Gasteiger partial charge in [0.1, 0.15) is 0 Å². The molecule has 0 atom stereocenters. The quantitative estimate of drug-likeness (QED) is 0.898. The van der Waals surface area contributed by atoms with Crippen molar-refractivity contribution in [1.82, 2.24) is 5.32 Å². The lowest BCUT2D eigenvalue weighted by atomic mass is 9.81. The first-order valence-corrected chi connectivity index (χ1v) is 7.52. The maximum atomic E-state index is 10.7. The van der Waals surface area contributed by atoms with Crippen molar-refractivity contribution in [3.05, 3.63) is 20.8 Å². The van der Waals surface area contributed by atoms with Crippen molar-refractivity contribution < 1.29 is 5.11 Å². The molecular formula is C12H18BrNOS. The molecule has 0 bridgehead atoms. The lowest BCUT2D eigenvalue weighted by molar-refractivity contribution is -0.00540. The van der Waals surface area contributed by atoms with E-state index in [-0.39, 0.29) is 0 Å². The highest BCUT2D eigenvalue weighted by Crippen LogP contribution is 2.42. The highest BCUT2D eigenvalue weighted by Gasteiger charge is 2.36. The van der Waals surface area contributed by atoms with Crippen LogP contribution in [0.25, 0.3) is 0 Å². The molecule has 2 nitrogen and oxygen atoms in total. The monoisotopic (exact) mass is 303 g/mol. The highest BCUT2D eigenvalue weighted by molar-refractivity contribution is 9.10. The summed E-state index contributed by atoms with van der Waals surface area (Å²) in [7, 11) is 0. The first-order valence-electron chi connectivity index (χ1n) is 5.85. The summed E-state index contributed by atoms with van der Waals surface area (Å²) in [6, 6.07) is 2.61. The minimum absolute atomic E-state index is 0.587. The predicted octanol–water partition coefficient (Wildman–Crippen LogP) is 3.25. The maximum Gasteiger partial charge on any atom is 0.1000 e. The van der Waals surface area contributed by atoms with Gasteiger partial charge in [-0.05, 0) is 59.6 Å². The van der Waals surface area contributed by atoms with Crippen molar-refractivity contribution >= 4 is 27.3 Å². The molecule has 1 aromatic heterocycles. The molecule has 1 aliphatic carbocycles. The number of thiophene rings is 1. The smallest absolute Gasteiger partial charge is 0.1000 e. The zero-order valence-electron chi connectivity index (χ0n) is 9.50. The van der Waals surface area contributed by atoms with E-state index < -0.39 is 5.60 Å². The Balaban J connectivity index is 2.04. The van der Waals surface area contributed by atoms with Crippen molar-refractivity contribution in [1.29, 1.82) is 0 Å². The van der Waals surface area contributed by atoms with Gasteiger partial charge < -0.3 is 10.4 Å². The zero-order valence-corrected chi connectivity index (χ0v) is 11.9. The molecule has 0 amide bonds. The number of nitrogens with one attached hydrogen (secondary N) is 1. The Morgan fingerprint density at radius 3 is 2.75 bits per heavy atom. The zero-order chi connectivity index (χ0) is 11.6. The number of hydrogen-bond donors (Lipinski definition) is 2. The number of aliphatic hydroxyl groups is 1. The minimum atomic E-state index is -0.598. The Morgan fingerprint density at radius 1 is 1.56 bits per heavy atom. The van der Waals surface area contributed by atoms with Gasteiger partial charge >= 0.3 is 0 Å². The van der Waals surface area contributed by atoms with Crippen molar-refractivity contribution in [2.24, 2.45) is 0 Å². The average molecular weight is 304 g/mol. The van der Waals surface area contributed by atoms with Gasteiger partial charge in [-0.3, -0.25) is 0 Å². The fraction of sp³-hybridized carbons (Fsp3) is 0.667. The van der Waals surface area contributed by atoms with Crippen LogP contribution in [0.3, 0.4) is 0 Å². The summed E-state index contributed by atoms with van der Waals surface area (Å²) in [6.45, 7) is 3.16. The van der Waals surface area contributed by atoms with Gasteiger partial charge in [-0.1, -0.05) is 6.92 Å². The van der Waals surface area contributed by atoms with Gasteiger partial charge in [-0.15, -0.1) is 11.3 Å². The molecule has 2 rings (SSSR count). The van der Waals surface area contributed by atoms with E-state index in [0.29, 0.717) is 6.04 Å². The van der Waals surface area contributed by atoms with Crippen LogP contribution in [0.5, 0.6) is 0 Å². The molecule has 0 radical (unpaired) electrons. The van der Waals surface area contributed by atoms with Crippen LogP contribution in [0.4, 0.5) is 0 Å². The van der Waals surface area contributed by atoms with Crippen LogP contribution in [0, 0.1) is 0 Å².